The average Bonchev–Trinajstić information content (AvgIpc) is 3.67. The molecule has 2 amide bonds. The Balaban J connectivity index is 1.19. The predicted molar refractivity (Wildman–Crippen MR) is 152 cm³/mol. The molecule has 0 unspecified atom stereocenters. The summed E-state index contributed by atoms with van der Waals surface area (Å²) in [6.07, 6.45) is 3.87. The van der Waals surface area contributed by atoms with Crippen LogP contribution in [-0.2, 0) is 5.60 Å². The Kier molecular flexibility index (Phi) is 6.59. The van der Waals surface area contributed by atoms with Gasteiger partial charge in [0.15, 0.2) is 5.69 Å². The summed E-state index contributed by atoms with van der Waals surface area (Å²) in [4.78, 5) is 34.9. The highest BCUT2D eigenvalue weighted by molar-refractivity contribution is 6.35. The lowest BCUT2D eigenvalue weighted by atomic mass is 9.96. The second kappa shape index (κ2) is 9.98. The number of amides is 2. The third-order valence-electron chi connectivity index (χ3n) is 7.72. The molecule has 4 aromatic rings. The Morgan fingerprint density at radius 1 is 1.02 bits per heavy atom. The summed E-state index contributed by atoms with van der Waals surface area (Å²) in [6, 6.07) is 14.9. The van der Waals surface area contributed by atoms with Gasteiger partial charge in [-0.3, -0.25) is 9.59 Å². The second-order valence-corrected chi connectivity index (χ2v) is 11.7. The fourth-order valence-corrected chi connectivity index (χ4v) is 5.44. The topological polar surface area (TPSA) is 104 Å². The Morgan fingerprint density at radius 3 is 2.45 bits per heavy atom. The maximum atomic E-state index is 13.5. The van der Waals surface area contributed by atoms with Crippen LogP contribution < -0.4 is 0 Å². The number of pyridine rings is 1. The number of rotatable bonds is 5. The van der Waals surface area contributed by atoms with Gasteiger partial charge in [0.1, 0.15) is 0 Å². The van der Waals surface area contributed by atoms with E-state index < -0.39 is 5.60 Å². The Hall–Kier alpha value is -3.82. The number of hydrogen-bond donors (Lipinski definition) is 1. The molecule has 6 rings (SSSR count). The largest absolute Gasteiger partial charge is 0.386 e. The van der Waals surface area contributed by atoms with Gasteiger partial charge in [0, 0.05) is 42.2 Å². The zero-order valence-electron chi connectivity index (χ0n) is 22.7. The molecule has 10 heteroatoms. The number of aliphatic hydroxyl groups is 1. The maximum absolute atomic E-state index is 13.5. The van der Waals surface area contributed by atoms with Crippen LogP contribution in [0.2, 0.25) is 5.02 Å². The van der Waals surface area contributed by atoms with Crippen molar-refractivity contribution >= 4 is 34.3 Å². The number of fused-ring (bicyclic) bond motifs is 1. The molecule has 3 heterocycles. The summed E-state index contributed by atoms with van der Waals surface area (Å²) >= 11 is 6.61. The average molecular weight is 559 g/mol. The van der Waals surface area contributed by atoms with Crippen LogP contribution in [0.4, 0.5) is 0 Å². The van der Waals surface area contributed by atoms with Crippen LogP contribution in [0.15, 0.2) is 54.7 Å². The van der Waals surface area contributed by atoms with Crippen molar-refractivity contribution in [3.05, 3.63) is 76.6 Å². The highest BCUT2D eigenvalue weighted by atomic mass is 35.5. The second-order valence-electron chi connectivity index (χ2n) is 11.3. The molecule has 2 aromatic heterocycles. The van der Waals surface area contributed by atoms with Crippen LogP contribution in [0.1, 0.15) is 66.1 Å². The number of carbonyl (C=O) groups is 2. The summed E-state index contributed by atoms with van der Waals surface area (Å²) in [5, 5.41) is 19.7. The van der Waals surface area contributed by atoms with Crippen LogP contribution in [0.5, 0.6) is 0 Å². The van der Waals surface area contributed by atoms with Gasteiger partial charge in [0.05, 0.1) is 34.1 Å². The third-order valence-corrected chi connectivity index (χ3v) is 8.03. The van der Waals surface area contributed by atoms with Crippen molar-refractivity contribution in [2.24, 2.45) is 0 Å². The highest BCUT2D eigenvalue weighted by Crippen LogP contribution is 2.34. The summed E-state index contributed by atoms with van der Waals surface area (Å²) in [7, 11) is 0. The zero-order chi connectivity index (χ0) is 28.2. The normalized spacial score (nSPS) is 17.9. The lowest BCUT2D eigenvalue weighted by Crippen LogP contribution is -2.55. The molecule has 1 atom stereocenters. The van der Waals surface area contributed by atoms with E-state index in [4.69, 9.17) is 16.6 Å². The van der Waals surface area contributed by atoms with Crippen molar-refractivity contribution in [1.82, 2.24) is 29.8 Å². The van der Waals surface area contributed by atoms with Gasteiger partial charge in [0.2, 0.25) is 0 Å². The molecule has 2 fully saturated rings. The number of carbonyl (C=O) groups excluding carboxylic acids is 2. The minimum atomic E-state index is -0.936. The monoisotopic (exact) mass is 558 g/mol. The molecule has 9 nitrogen and oxygen atoms in total. The summed E-state index contributed by atoms with van der Waals surface area (Å²) in [5.41, 5.74) is 2.90. The van der Waals surface area contributed by atoms with E-state index in [0.717, 1.165) is 29.4 Å². The molecule has 1 N–H and O–H groups in total. The first-order chi connectivity index (χ1) is 19.1. The quantitative estimate of drug-likeness (QED) is 0.381. The van der Waals surface area contributed by atoms with Crippen molar-refractivity contribution in [2.75, 3.05) is 19.6 Å². The van der Waals surface area contributed by atoms with E-state index in [1.807, 2.05) is 43.3 Å². The zero-order valence-corrected chi connectivity index (χ0v) is 23.5. The first kappa shape index (κ1) is 26.4. The predicted octanol–water partition coefficient (Wildman–Crippen LogP) is 4.70. The Morgan fingerprint density at radius 2 is 1.77 bits per heavy atom. The molecular formula is C30H31ClN6O3. The number of hydrogen-bond acceptors (Lipinski definition) is 6. The van der Waals surface area contributed by atoms with Gasteiger partial charge in [-0.05, 0) is 57.4 Å². The maximum Gasteiger partial charge on any atom is 0.276 e. The number of aromatic nitrogens is 4. The minimum Gasteiger partial charge on any atom is -0.386 e. The molecule has 40 heavy (non-hydrogen) atoms. The number of nitrogens with zero attached hydrogens (tertiary/aromatic N) is 6. The van der Waals surface area contributed by atoms with Gasteiger partial charge in [-0.15, -0.1) is 5.10 Å². The van der Waals surface area contributed by atoms with Crippen molar-refractivity contribution in [1.29, 1.82) is 0 Å². The molecular weight excluding hydrogens is 528 g/mol. The van der Waals surface area contributed by atoms with Crippen LogP contribution in [0, 0.1) is 0 Å². The fraction of sp³-hybridized carbons (Fsp3) is 0.367. The molecule has 1 aliphatic heterocycles. The van der Waals surface area contributed by atoms with E-state index in [0.29, 0.717) is 53.2 Å². The number of piperazine rings is 1. The number of benzene rings is 2. The van der Waals surface area contributed by atoms with Crippen molar-refractivity contribution < 1.29 is 14.7 Å². The summed E-state index contributed by atoms with van der Waals surface area (Å²) in [5.74, 6) is -0.266. The standard InChI is InChI=1S/C30H31ClN6O3/c1-18-16-35(12-13-36(18)29(39)27-17-37(34-33-27)22-9-10-22)28(38)20-6-11-23-24(31)15-25(32-26(23)14-20)19-4-7-21(8-5-19)30(2,3)40/h4-8,11,14-15,17-18,22,40H,9-10,12-13,16H2,1-3H3/t18-/m1/s1. The van der Waals surface area contributed by atoms with Crippen LogP contribution in [0.25, 0.3) is 22.2 Å². The number of halogens is 1. The van der Waals surface area contributed by atoms with Gasteiger partial charge in [-0.2, -0.15) is 0 Å². The SMILES string of the molecule is C[C@@H]1CN(C(=O)c2ccc3c(Cl)cc(-c4ccc(C(C)(C)O)cc4)nc3c2)CCN1C(=O)c1cn(C2CC2)nn1. The molecule has 0 radical (unpaired) electrons. The van der Waals surface area contributed by atoms with Gasteiger partial charge in [-0.1, -0.05) is 47.1 Å². The molecule has 1 aliphatic carbocycles. The first-order valence-electron chi connectivity index (χ1n) is 13.5. The van der Waals surface area contributed by atoms with Gasteiger partial charge in [0.25, 0.3) is 11.8 Å². The molecule has 0 bridgehead atoms. The van der Waals surface area contributed by atoms with Gasteiger partial charge in [-0.25, -0.2) is 9.67 Å². The summed E-state index contributed by atoms with van der Waals surface area (Å²) < 4.78 is 1.77. The lowest BCUT2D eigenvalue weighted by molar-refractivity contribution is 0.0411. The van der Waals surface area contributed by atoms with Gasteiger partial charge < -0.3 is 14.9 Å². The van der Waals surface area contributed by atoms with Crippen LogP contribution in [0.3, 0.4) is 0 Å². The van der Waals surface area contributed by atoms with Crippen molar-refractivity contribution in [3.8, 4) is 11.3 Å². The molecule has 1 saturated carbocycles. The Labute approximate surface area is 237 Å². The van der Waals surface area contributed by atoms with E-state index in [1.54, 1.807) is 46.7 Å². The molecule has 206 valence electrons. The lowest BCUT2D eigenvalue weighted by Gasteiger charge is -2.39. The van der Waals surface area contributed by atoms with E-state index in [2.05, 4.69) is 10.3 Å². The smallest absolute Gasteiger partial charge is 0.276 e. The van der Waals surface area contributed by atoms with Crippen LogP contribution in [-0.4, -0.2) is 72.4 Å². The van der Waals surface area contributed by atoms with Crippen LogP contribution >= 0.6 is 11.6 Å². The van der Waals surface area contributed by atoms with E-state index in [9.17, 15) is 14.7 Å². The highest BCUT2D eigenvalue weighted by Gasteiger charge is 2.33. The minimum absolute atomic E-state index is 0.113. The molecule has 1 saturated heterocycles. The molecule has 2 aromatic carbocycles. The Bertz CT molecular complexity index is 1610. The summed E-state index contributed by atoms with van der Waals surface area (Å²) in [6.45, 7) is 6.69. The van der Waals surface area contributed by atoms with Crippen molar-refractivity contribution in [3.63, 3.8) is 0 Å². The molecule has 2 aliphatic rings. The third kappa shape index (κ3) is 5.07. The molecule has 0 spiro atoms. The van der Waals surface area contributed by atoms with E-state index in [1.165, 1.54) is 0 Å². The fourth-order valence-electron chi connectivity index (χ4n) is 5.18. The van der Waals surface area contributed by atoms with Gasteiger partial charge >= 0.3 is 0 Å². The van der Waals surface area contributed by atoms with E-state index >= 15 is 0 Å². The van der Waals surface area contributed by atoms with E-state index in [-0.39, 0.29) is 17.9 Å². The van der Waals surface area contributed by atoms with Crippen molar-refractivity contribution in [2.45, 2.75) is 51.3 Å². The first-order valence-corrected chi connectivity index (χ1v) is 13.9.